The molecule has 2 heterocycles. The molecule has 22 heavy (non-hydrogen) atoms. The van der Waals surface area contributed by atoms with Crippen molar-refractivity contribution < 1.29 is 9.59 Å². The van der Waals surface area contributed by atoms with Gasteiger partial charge < -0.3 is 15.5 Å². The van der Waals surface area contributed by atoms with Crippen molar-refractivity contribution >= 4 is 17.6 Å². The van der Waals surface area contributed by atoms with Crippen LogP contribution in [0.25, 0.3) is 0 Å². The molecule has 7 heteroatoms. The number of carbonyl (C=O) groups is 2. The third kappa shape index (κ3) is 3.73. The molecule has 1 aliphatic heterocycles. The molecular formula is C15H19N5O2. The van der Waals surface area contributed by atoms with Crippen LogP contribution >= 0.6 is 0 Å². The Morgan fingerprint density at radius 1 is 1.55 bits per heavy atom. The second-order valence-corrected chi connectivity index (χ2v) is 5.06. The molecule has 0 saturated carbocycles. The Hall–Kier alpha value is -2.62. The maximum atomic E-state index is 12.0. The molecular weight excluding hydrogens is 282 g/mol. The molecule has 116 valence electrons. The minimum Gasteiger partial charge on any atom is -0.367 e. The van der Waals surface area contributed by atoms with Crippen LogP contribution in [0.15, 0.2) is 18.3 Å². The van der Waals surface area contributed by atoms with Crippen LogP contribution in [0.1, 0.15) is 18.9 Å². The highest BCUT2D eigenvalue weighted by Crippen LogP contribution is 2.17. The molecule has 2 amide bonds. The highest BCUT2D eigenvalue weighted by atomic mass is 16.2. The highest BCUT2D eigenvalue weighted by Gasteiger charge is 2.32. The molecule has 0 aromatic carbocycles. The summed E-state index contributed by atoms with van der Waals surface area (Å²) in [6, 6.07) is 5.43. The largest absolute Gasteiger partial charge is 0.367 e. The number of rotatable bonds is 6. The molecule has 1 aromatic heterocycles. The Morgan fingerprint density at radius 2 is 2.36 bits per heavy atom. The molecule has 0 unspecified atom stereocenters. The van der Waals surface area contributed by atoms with Gasteiger partial charge in [-0.1, -0.05) is 0 Å². The molecule has 1 fully saturated rings. The van der Waals surface area contributed by atoms with Gasteiger partial charge in [0.15, 0.2) is 0 Å². The molecule has 0 spiro atoms. The number of hydrogen-bond acceptors (Lipinski definition) is 5. The maximum absolute atomic E-state index is 12.0. The first-order valence-corrected chi connectivity index (χ1v) is 7.30. The third-order valence-corrected chi connectivity index (χ3v) is 3.61. The van der Waals surface area contributed by atoms with Gasteiger partial charge in [0, 0.05) is 38.8 Å². The first-order valence-electron chi connectivity index (χ1n) is 7.30. The molecule has 2 rings (SSSR count). The monoisotopic (exact) mass is 301 g/mol. The number of aromatic nitrogens is 1. The molecule has 7 nitrogen and oxygen atoms in total. The number of hydrogen-bond donors (Lipinski definition) is 2. The van der Waals surface area contributed by atoms with Crippen molar-refractivity contribution in [2.45, 2.75) is 13.3 Å². The van der Waals surface area contributed by atoms with E-state index in [-0.39, 0.29) is 24.2 Å². The number of likely N-dealkylation sites (tertiary alicyclic amines) is 1. The van der Waals surface area contributed by atoms with Gasteiger partial charge >= 0.3 is 0 Å². The van der Waals surface area contributed by atoms with Crippen LogP contribution in [0.3, 0.4) is 0 Å². The van der Waals surface area contributed by atoms with Gasteiger partial charge in [0.2, 0.25) is 11.8 Å². The Labute approximate surface area is 129 Å². The van der Waals surface area contributed by atoms with Crippen molar-refractivity contribution in [3.05, 3.63) is 23.9 Å². The molecule has 1 atom stereocenters. The molecule has 2 N–H and O–H groups in total. The lowest BCUT2D eigenvalue weighted by Crippen LogP contribution is -2.35. The number of nitriles is 1. The number of pyridine rings is 1. The van der Waals surface area contributed by atoms with Gasteiger partial charge in [-0.15, -0.1) is 0 Å². The van der Waals surface area contributed by atoms with Gasteiger partial charge in [-0.2, -0.15) is 5.26 Å². The Bertz CT molecular complexity index is 596. The zero-order valence-corrected chi connectivity index (χ0v) is 12.5. The number of nitrogens with one attached hydrogen (secondary N) is 2. The van der Waals surface area contributed by atoms with Gasteiger partial charge in [0.05, 0.1) is 11.5 Å². The van der Waals surface area contributed by atoms with E-state index in [1.807, 2.05) is 6.92 Å². The van der Waals surface area contributed by atoms with Crippen LogP contribution in [0.5, 0.6) is 0 Å². The molecule has 1 saturated heterocycles. The predicted octanol–water partition coefficient (Wildman–Crippen LogP) is 0.350. The van der Waals surface area contributed by atoms with Crippen molar-refractivity contribution in [2.75, 3.05) is 31.5 Å². The lowest BCUT2D eigenvalue weighted by atomic mass is 10.1. The quantitative estimate of drug-likeness (QED) is 0.739. The lowest BCUT2D eigenvalue weighted by Gasteiger charge is -2.14. The molecule has 0 aliphatic carbocycles. The summed E-state index contributed by atoms with van der Waals surface area (Å²) in [6.45, 7) is 3.92. The average molecular weight is 301 g/mol. The van der Waals surface area contributed by atoms with Gasteiger partial charge in [-0.05, 0) is 19.1 Å². The van der Waals surface area contributed by atoms with E-state index in [1.165, 1.54) is 0 Å². The maximum Gasteiger partial charge on any atom is 0.225 e. The smallest absolute Gasteiger partial charge is 0.225 e. The van der Waals surface area contributed by atoms with Crippen molar-refractivity contribution in [1.82, 2.24) is 15.2 Å². The van der Waals surface area contributed by atoms with Crippen molar-refractivity contribution in [2.24, 2.45) is 5.92 Å². The zero-order chi connectivity index (χ0) is 15.9. The number of anilines is 1. The molecule has 0 radical (unpaired) electrons. The van der Waals surface area contributed by atoms with Gasteiger partial charge in [0.25, 0.3) is 0 Å². The first kappa shape index (κ1) is 15.8. The second-order valence-electron chi connectivity index (χ2n) is 5.06. The number of carbonyl (C=O) groups excluding carboxylic acids is 2. The van der Waals surface area contributed by atoms with Crippen LogP contribution in [0.4, 0.5) is 5.82 Å². The van der Waals surface area contributed by atoms with E-state index in [0.717, 1.165) is 0 Å². The normalized spacial score (nSPS) is 17.2. The van der Waals surface area contributed by atoms with E-state index in [9.17, 15) is 9.59 Å². The van der Waals surface area contributed by atoms with Crippen molar-refractivity contribution in [3.63, 3.8) is 0 Å². The van der Waals surface area contributed by atoms with Crippen molar-refractivity contribution in [3.8, 4) is 6.07 Å². The van der Waals surface area contributed by atoms with Crippen LogP contribution in [0, 0.1) is 17.2 Å². The summed E-state index contributed by atoms with van der Waals surface area (Å²) in [4.78, 5) is 29.4. The fourth-order valence-electron chi connectivity index (χ4n) is 2.40. The minimum absolute atomic E-state index is 0.0351. The molecule has 1 aromatic rings. The fraction of sp³-hybridized carbons (Fsp3) is 0.467. The Morgan fingerprint density at radius 3 is 3.05 bits per heavy atom. The van der Waals surface area contributed by atoms with E-state index in [4.69, 9.17) is 5.26 Å². The summed E-state index contributed by atoms with van der Waals surface area (Å²) in [6.07, 6.45) is 1.89. The van der Waals surface area contributed by atoms with E-state index >= 15 is 0 Å². The third-order valence-electron chi connectivity index (χ3n) is 3.61. The predicted molar refractivity (Wildman–Crippen MR) is 80.8 cm³/mol. The lowest BCUT2D eigenvalue weighted by molar-refractivity contribution is -0.128. The fourth-order valence-corrected chi connectivity index (χ4v) is 2.40. The van der Waals surface area contributed by atoms with Crippen LogP contribution in [-0.4, -0.2) is 47.9 Å². The van der Waals surface area contributed by atoms with Crippen LogP contribution in [-0.2, 0) is 9.59 Å². The Kier molecular flexibility index (Phi) is 5.31. The summed E-state index contributed by atoms with van der Waals surface area (Å²) in [5, 5.41) is 14.8. The number of nitrogens with zero attached hydrogens (tertiary/aromatic N) is 3. The van der Waals surface area contributed by atoms with Crippen molar-refractivity contribution in [1.29, 1.82) is 5.26 Å². The standard InChI is InChI=1S/C15H19N5O2/c1-2-20-10-12(8-13(20)21)15(22)19-7-6-18-14-11(9-16)4-3-5-17-14/h3-5,12H,2,6-8,10H2,1H3,(H,17,18)(H,19,22)/t12-/m0/s1. The summed E-state index contributed by atoms with van der Waals surface area (Å²) in [5.41, 5.74) is 0.466. The summed E-state index contributed by atoms with van der Waals surface area (Å²) >= 11 is 0. The van der Waals surface area contributed by atoms with E-state index in [0.29, 0.717) is 37.6 Å². The minimum atomic E-state index is -0.267. The van der Waals surface area contributed by atoms with Gasteiger partial charge in [0.1, 0.15) is 11.9 Å². The second kappa shape index (κ2) is 7.41. The topological polar surface area (TPSA) is 98.1 Å². The van der Waals surface area contributed by atoms with E-state index in [1.54, 1.807) is 23.2 Å². The SMILES string of the molecule is CCN1C[C@@H](C(=O)NCCNc2ncccc2C#N)CC1=O. The average Bonchev–Trinajstić information content (AvgIpc) is 2.92. The summed E-state index contributed by atoms with van der Waals surface area (Å²) in [5.74, 6) is 0.171. The van der Waals surface area contributed by atoms with E-state index in [2.05, 4.69) is 21.7 Å². The van der Waals surface area contributed by atoms with E-state index < -0.39 is 0 Å². The zero-order valence-electron chi connectivity index (χ0n) is 12.5. The summed E-state index contributed by atoms with van der Waals surface area (Å²) in [7, 11) is 0. The Balaban J connectivity index is 1.74. The molecule has 0 bridgehead atoms. The van der Waals surface area contributed by atoms with Gasteiger partial charge in [-0.25, -0.2) is 4.98 Å². The summed E-state index contributed by atoms with van der Waals surface area (Å²) < 4.78 is 0. The number of amides is 2. The highest BCUT2D eigenvalue weighted by molar-refractivity contribution is 5.89. The van der Waals surface area contributed by atoms with Gasteiger partial charge in [-0.3, -0.25) is 9.59 Å². The molecule has 1 aliphatic rings. The van der Waals surface area contributed by atoms with Crippen LogP contribution in [0.2, 0.25) is 0 Å². The first-order chi connectivity index (χ1) is 10.7. The van der Waals surface area contributed by atoms with Crippen LogP contribution < -0.4 is 10.6 Å².